The fourth-order valence-electron chi connectivity index (χ4n) is 6.61. The summed E-state index contributed by atoms with van der Waals surface area (Å²) in [6, 6.07) is 17.0. The highest BCUT2D eigenvalue weighted by molar-refractivity contribution is 6.11. The van der Waals surface area contributed by atoms with Crippen molar-refractivity contribution in [2.45, 2.75) is 51.6 Å². The number of alkyl halides is 3. The molecule has 2 aliphatic heterocycles. The van der Waals surface area contributed by atoms with Crippen molar-refractivity contribution in [1.82, 2.24) is 20.2 Å². The van der Waals surface area contributed by atoms with E-state index in [1.54, 1.807) is 26.8 Å². The van der Waals surface area contributed by atoms with Gasteiger partial charge in [0.25, 0.3) is 5.91 Å². The van der Waals surface area contributed by atoms with Crippen molar-refractivity contribution in [2.24, 2.45) is 5.92 Å². The summed E-state index contributed by atoms with van der Waals surface area (Å²) in [4.78, 5) is 54.6. The summed E-state index contributed by atoms with van der Waals surface area (Å²) < 4.78 is 53.4. The molecule has 2 aromatic heterocycles. The van der Waals surface area contributed by atoms with Gasteiger partial charge < -0.3 is 34.8 Å². The number of carbonyl (C=O) groups excluding carboxylic acids is 3. The van der Waals surface area contributed by atoms with E-state index in [4.69, 9.17) is 14.5 Å². The molecule has 4 aromatic rings. The van der Waals surface area contributed by atoms with Gasteiger partial charge in [0, 0.05) is 56.5 Å². The molecule has 6 rings (SSSR count). The van der Waals surface area contributed by atoms with E-state index in [2.05, 4.69) is 37.8 Å². The SMILES string of the molecule is CN1CCN(c2ccc3cc(NC(=O)OCc4ccccc4)c(C(=O)Nc4cnccc4N4CC(C(F)(F)F)C[C@H](NC(=O)OC(C)(C)C)C4)nc3c2)CC1. The molecule has 55 heavy (non-hydrogen) atoms. The molecule has 16 heteroatoms. The van der Waals surface area contributed by atoms with Crippen LogP contribution in [-0.4, -0.2) is 97.1 Å². The third-order valence-electron chi connectivity index (χ3n) is 9.36. The number of anilines is 4. The highest BCUT2D eigenvalue weighted by Gasteiger charge is 2.45. The zero-order valence-electron chi connectivity index (χ0n) is 31.2. The molecule has 3 N–H and O–H groups in total. The third kappa shape index (κ3) is 10.3. The minimum absolute atomic E-state index is 0.00204. The Hall–Kier alpha value is -5.64. The average Bonchev–Trinajstić information content (AvgIpc) is 3.13. The molecule has 13 nitrogen and oxygen atoms in total. The maximum absolute atomic E-state index is 14.2. The number of benzene rings is 2. The van der Waals surface area contributed by atoms with Gasteiger partial charge in [-0.2, -0.15) is 13.2 Å². The maximum Gasteiger partial charge on any atom is 0.412 e. The van der Waals surface area contributed by atoms with Crippen LogP contribution in [0.4, 0.5) is 45.5 Å². The minimum atomic E-state index is -4.56. The Labute approximate surface area is 317 Å². The Morgan fingerprint density at radius 1 is 0.873 bits per heavy atom. The summed E-state index contributed by atoms with van der Waals surface area (Å²) in [7, 11) is 2.07. The quantitative estimate of drug-likeness (QED) is 0.178. The number of nitrogens with one attached hydrogen (secondary N) is 3. The third-order valence-corrected chi connectivity index (χ3v) is 9.36. The van der Waals surface area contributed by atoms with Crippen molar-refractivity contribution in [3.05, 3.63) is 84.3 Å². The molecular weight excluding hydrogens is 717 g/mol. The van der Waals surface area contributed by atoms with Crippen LogP contribution in [0.1, 0.15) is 43.2 Å². The molecule has 2 aliphatic rings. The summed E-state index contributed by atoms with van der Waals surface area (Å²) in [6.07, 6.45) is -3.82. The lowest BCUT2D eigenvalue weighted by molar-refractivity contribution is -0.177. The van der Waals surface area contributed by atoms with E-state index in [0.29, 0.717) is 10.9 Å². The van der Waals surface area contributed by atoms with Gasteiger partial charge in [0.1, 0.15) is 12.2 Å². The summed E-state index contributed by atoms with van der Waals surface area (Å²) in [5.74, 6) is -2.53. The molecule has 0 spiro atoms. The van der Waals surface area contributed by atoms with Gasteiger partial charge in [-0.05, 0) is 64.1 Å². The molecule has 2 aromatic carbocycles. The number of carbonyl (C=O) groups is 3. The zero-order valence-corrected chi connectivity index (χ0v) is 31.2. The Bertz CT molecular complexity index is 2000. The van der Waals surface area contributed by atoms with Crippen LogP contribution in [0.15, 0.2) is 73.1 Å². The largest absolute Gasteiger partial charge is 0.444 e. The monoisotopic (exact) mass is 762 g/mol. The van der Waals surface area contributed by atoms with Crippen molar-refractivity contribution in [2.75, 3.05) is 66.7 Å². The number of fused-ring (bicyclic) bond motifs is 1. The van der Waals surface area contributed by atoms with Gasteiger partial charge in [0.15, 0.2) is 5.69 Å². The molecule has 0 bridgehead atoms. The van der Waals surface area contributed by atoms with Crippen LogP contribution in [0, 0.1) is 5.92 Å². The van der Waals surface area contributed by atoms with E-state index in [1.165, 1.54) is 23.4 Å². The predicted molar refractivity (Wildman–Crippen MR) is 203 cm³/mol. The first-order valence-corrected chi connectivity index (χ1v) is 18.0. The average molecular weight is 763 g/mol. The first-order chi connectivity index (χ1) is 26.1. The maximum atomic E-state index is 14.2. The number of piperidine rings is 1. The zero-order chi connectivity index (χ0) is 39.3. The van der Waals surface area contributed by atoms with Gasteiger partial charge in [-0.1, -0.05) is 36.4 Å². The van der Waals surface area contributed by atoms with Crippen LogP contribution in [0.3, 0.4) is 0 Å². The first-order valence-electron chi connectivity index (χ1n) is 18.0. The van der Waals surface area contributed by atoms with Crippen LogP contribution in [-0.2, 0) is 16.1 Å². The van der Waals surface area contributed by atoms with E-state index >= 15 is 0 Å². The minimum Gasteiger partial charge on any atom is -0.444 e. The predicted octanol–water partition coefficient (Wildman–Crippen LogP) is 6.66. The molecule has 2 saturated heterocycles. The number of amides is 3. The Balaban J connectivity index is 1.29. The summed E-state index contributed by atoms with van der Waals surface area (Å²) in [5, 5.41) is 8.68. The Morgan fingerprint density at radius 3 is 2.33 bits per heavy atom. The molecule has 1 unspecified atom stereocenters. The number of ether oxygens (including phenoxy) is 2. The van der Waals surface area contributed by atoms with E-state index < -0.39 is 48.4 Å². The molecule has 0 aliphatic carbocycles. The number of pyridine rings is 2. The van der Waals surface area contributed by atoms with Gasteiger partial charge in [0.05, 0.1) is 40.7 Å². The van der Waals surface area contributed by atoms with E-state index in [0.717, 1.165) is 37.4 Å². The molecule has 4 heterocycles. The Kier molecular flexibility index (Phi) is 11.6. The number of hydrogen-bond acceptors (Lipinski definition) is 10. The van der Waals surface area contributed by atoms with Crippen LogP contribution in [0.5, 0.6) is 0 Å². The number of rotatable bonds is 8. The fraction of sp³-hybridized carbons (Fsp3) is 0.410. The van der Waals surface area contributed by atoms with Crippen molar-refractivity contribution < 1.29 is 37.0 Å². The standard InChI is InChI=1S/C39H45F3N8O5/c1-38(2,3)55-37(53)44-28-19-27(39(40,41)42)22-50(23-28)33-12-13-43-21-32(33)46-35(51)34-31(47-36(52)54-24-25-8-6-5-7-9-25)18-26-10-11-29(20-30(26)45-34)49-16-14-48(4)15-17-49/h5-13,18,20-21,27-28H,14-17,19,22-24H2,1-4H3,(H,44,53)(H,46,51)(H,47,52)/t27?,28-/m0/s1. The lowest BCUT2D eigenvalue weighted by Crippen LogP contribution is -2.54. The van der Waals surface area contributed by atoms with Crippen LogP contribution in [0.2, 0.25) is 0 Å². The van der Waals surface area contributed by atoms with Gasteiger partial charge >= 0.3 is 18.4 Å². The Morgan fingerprint density at radius 2 is 1.62 bits per heavy atom. The highest BCUT2D eigenvalue weighted by atomic mass is 19.4. The van der Waals surface area contributed by atoms with E-state index in [1.807, 2.05) is 48.5 Å². The molecule has 2 fully saturated rings. The summed E-state index contributed by atoms with van der Waals surface area (Å²) in [5.41, 5.74) is 1.62. The van der Waals surface area contributed by atoms with Gasteiger partial charge in [-0.25, -0.2) is 14.6 Å². The number of aromatic nitrogens is 2. The van der Waals surface area contributed by atoms with Crippen molar-refractivity contribution >= 4 is 51.7 Å². The highest BCUT2D eigenvalue weighted by Crippen LogP contribution is 2.37. The molecule has 3 amide bonds. The van der Waals surface area contributed by atoms with Crippen LogP contribution in [0.25, 0.3) is 10.9 Å². The number of hydrogen-bond donors (Lipinski definition) is 3. The summed E-state index contributed by atoms with van der Waals surface area (Å²) in [6.45, 7) is 7.95. The summed E-state index contributed by atoms with van der Waals surface area (Å²) >= 11 is 0. The van der Waals surface area contributed by atoms with Crippen molar-refractivity contribution in [1.29, 1.82) is 0 Å². The number of piperazine rings is 1. The first kappa shape index (κ1) is 39.1. The van der Waals surface area contributed by atoms with E-state index in [-0.39, 0.29) is 42.3 Å². The normalized spacial score (nSPS) is 18.1. The molecular formula is C39H45F3N8O5. The smallest absolute Gasteiger partial charge is 0.412 e. The lowest BCUT2D eigenvalue weighted by atomic mass is 9.93. The van der Waals surface area contributed by atoms with Crippen LogP contribution >= 0.6 is 0 Å². The number of alkyl carbamates (subject to hydrolysis) is 1. The second kappa shape index (κ2) is 16.4. The molecule has 0 saturated carbocycles. The van der Waals surface area contributed by atoms with Gasteiger partial charge in [0.2, 0.25) is 0 Å². The second-order valence-electron chi connectivity index (χ2n) is 14.8. The second-order valence-corrected chi connectivity index (χ2v) is 14.8. The van der Waals surface area contributed by atoms with Crippen LogP contribution < -0.4 is 25.8 Å². The topological polar surface area (TPSA) is 141 Å². The lowest BCUT2D eigenvalue weighted by Gasteiger charge is -2.40. The van der Waals surface area contributed by atoms with Gasteiger partial charge in [-0.15, -0.1) is 0 Å². The number of likely N-dealkylation sites (N-methyl/N-ethyl adjacent to an activating group) is 1. The number of halogens is 3. The van der Waals surface area contributed by atoms with E-state index in [9.17, 15) is 27.6 Å². The molecule has 0 radical (unpaired) electrons. The number of nitrogens with zero attached hydrogens (tertiary/aromatic N) is 5. The van der Waals surface area contributed by atoms with Crippen molar-refractivity contribution in [3.8, 4) is 0 Å². The molecule has 2 atom stereocenters. The fourth-order valence-corrected chi connectivity index (χ4v) is 6.61. The molecule has 292 valence electrons. The van der Waals surface area contributed by atoms with Gasteiger partial charge in [-0.3, -0.25) is 15.1 Å². The van der Waals surface area contributed by atoms with Crippen molar-refractivity contribution in [3.63, 3.8) is 0 Å².